The van der Waals surface area contributed by atoms with Crippen LogP contribution >= 0.6 is 0 Å². The number of ether oxygens (including phenoxy) is 1. The van der Waals surface area contributed by atoms with Gasteiger partial charge in [0.15, 0.2) is 0 Å². The van der Waals surface area contributed by atoms with Crippen LogP contribution in [0.5, 0.6) is 0 Å². The largest absolute Gasteiger partial charge is 0.480 e. The van der Waals surface area contributed by atoms with Gasteiger partial charge in [-0.05, 0) is 38.3 Å². The molecule has 17 heavy (non-hydrogen) atoms. The molecule has 0 aromatic heterocycles. The van der Waals surface area contributed by atoms with Gasteiger partial charge >= 0.3 is 5.97 Å². The van der Waals surface area contributed by atoms with Crippen LogP contribution in [0.15, 0.2) is 5.11 Å². The highest BCUT2D eigenvalue weighted by molar-refractivity contribution is 5.74. The summed E-state index contributed by atoms with van der Waals surface area (Å²) < 4.78 is 5.54. The van der Waals surface area contributed by atoms with Gasteiger partial charge in [0.2, 0.25) is 0 Å². The second-order valence-corrected chi connectivity index (χ2v) is 4.14. The number of azide groups is 1. The molecule has 1 fully saturated rings. The van der Waals surface area contributed by atoms with Crippen LogP contribution in [0.1, 0.15) is 26.2 Å². The SMILES string of the molecule is CC1CCC(C(NCCCN=[N+]=[N-])C(=O)O)O1. The van der Waals surface area contributed by atoms with Crippen LogP contribution in [0.3, 0.4) is 0 Å². The molecule has 1 aliphatic heterocycles. The molecule has 0 radical (unpaired) electrons. The van der Waals surface area contributed by atoms with Gasteiger partial charge in [-0.3, -0.25) is 4.79 Å². The number of rotatable bonds is 7. The van der Waals surface area contributed by atoms with E-state index in [9.17, 15) is 4.79 Å². The molecule has 1 aliphatic rings. The van der Waals surface area contributed by atoms with E-state index in [1.165, 1.54) is 0 Å². The summed E-state index contributed by atoms with van der Waals surface area (Å²) >= 11 is 0. The zero-order chi connectivity index (χ0) is 12.7. The summed E-state index contributed by atoms with van der Waals surface area (Å²) in [7, 11) is 0. The van der Waals surface area contributed by atoms with Gasteiger partial charge in [0.05, 0.1) is 12.2 Å². The second kappa shape index (κ2) is 7.11. The van der Waals surface area contributed by atoms with Crippen molar-refractivity contribution in [3.05, 3.63) is 10.4 Å². The van der Waals surface area contributed by atoms with Crippen molar-refractivity contribution in [3.8, 4) is 0 Å². The molecule has 0 bridgehead atoms. The summed E-state index contributed by atoms with van der Waals surface area (Å²) in [5.41, 5.74) is 8.09. The average molecular weight is 242 g/mol. The van der Waals surface area contributed by atoms with Crippen molar-refractivity contribution in [3.63, 3.8) is 0 Å². The predicted octanol–water partition coefficient (Wildman–Crippen LogP) is 1.30. The molecule has 1 saturated heterocycles. The molecule has 3 unspecified atom stereocenters. The van der Waals surface area contributed by atoms with Crippen molar-refractivity contribution in [2.45, 2.75) is 44.4 Å². The predicted molar refractivity (Wildman–Crippen MR) is 61.6 cm³/mol. The van der Waals surface area contributed by atoms with E-state index in [-0.39, 0.29) is 12.2 Å². The van der Waals surface area contributed by atoms with Gasteiger partial charge in [0, 0.05) is 11.5 Å². The van der Waals surface area contributed by atoms with Gasteiger partial charge < -0.3 is 15.2 Å². The van der Waals surface area contributed by atoms with Crippen molar-refractivity contribution >= 4 is 5.97 Å². The quantitative estimate of drug-likeness (QED) is 0.303. The molecular formula is C10H18N4O3. The Kier molecular flexibility index (Phi) is 5.76. The number of carbonyl (C=O) groups is 1. The zero-order valence-corrected chi connectivity index (χ0v) is 9.87. The molecular weight excluding hydrogens is 224 g/mol. The molecule has 0 amide bonds. The Hall–Kier alpha value is -1.30. The highest BCUT2D eigenvalue weighted by Crippen LogP contribution is 2.21. The number of carboxylic acid groups (broad SMARTS) is 1. The fourth-order valence-electron chi connectivity index (χ4n) is 1.91. The van der Waals surface area contributed by atoms with Gasteiger partial charge in [0.25, 0.3) is 0 Å². The average Bonchev–Trinajstić information content (AvgIpc) is 2.69. The molecule has 0 aromatic carbocycles. The molecule has 96 valence electrons. The molecule has 2 N–H and O–H groups in total. The lowest BCUT2D eigenvalue weighted by Crippen LogP contribution is -2.46. The standard InChI is InChI=1S/C10H18N4O3/c1-7-3-4-8(17-7)9(10(15)16)12-5-2-6-13-14-11/h7-9,12H,2-6H2,1H3,(H,15,16). The number of hydrogen-bond donors (Lipinski definition) is 2. The van der Waals surface area contributed by atoms with Gasteiger partial charge in [-0.2, -0.15) is 0 Å². The van der Waals surface area contributed by atoms with Crippen molar-refractivity contribution in [2.24, 2.45) is 5.11 Å². The van der Waals surface area contributed by atoms with Crippen LogP contribution in [0.4, 0.5) is 0 Å². The van der Waals surface area contributed by atoms with Gasteiger partial charge in [0.1, 0.15) is 6.04 Å². The first-order valence-corrected chi connectivity index (χ1v) is 5.77. The highest BCUT2D eigenvalue weighted by Gasteiger charge is 2.33. The highest BCUT2D eigenvalue weighted by atomic mass is 16.5. The van der Waals surface area contributed by atoms with Gasteiger partial charge in [-0.1, -0.05) is 5.11 Å². The maximum Gasteiger partial charge on any atom is 0.323 e. The van der Waals surface area contributed by atoms with Crippen LogP contribution in [-0.2, 0) is 9.53 Å². The fourth-order valence-corrected chi connectivity index (χ4v) is 1.91. The van der Waals surface area contributed by atoms with Gasteiger partial charge in [-0.25, -0.2) is 0 Å². The summed E-state index contributed by atoms with van der Waals surface area (Å²) in [6.07, 6.45) is 2.15. The fraction of sp³-hybridized carbons (Fsp3) is 0.900. The Morgan fingerprint density at radius 2 is 2.47 bits per heavy atom. The summed E-state index contributed by atoms with van der Waals surface area (Å²) in [4.78, 5) is 13.7. The van der Waals surface area contributed by atoms with Crippen LogP contribution < -0.4 is 5.32 Å². The minimum Gasteiger partial charge on any atom is -0.480 e. The van der Waals surface area contributed by atoms with Crippen molar-refractivity contribution in [1.82, 2.24) is 5.32 Å². The Balaban J connectivity index is 2.33. The van der Waals surface area contributed by atoms with Crippen LogP contribution in [0.2, 0.25) is 0 Å². The lowest BCUT2D eigenvalue weighted by Gasteiger charge is -2.20. The molecule has 7 heteroatoms. The van der Waals surface area contributed by atoms with Crippen LogP contribution in [0.25, 0.3) is 10.4 Å². The second-order valence-electron chi connectivity index (χ2n) is 4.14. The van der Waals surface area contributed by atoms with E-state index >= 15 is 0 Å². The lowest BCUT2D eigenvalue weighted by molar-refractivity contribution is -0.143. The first kappa shape index (κ1) is 13.8. The third-order valence-electron chi connectivity index (χ3n) is 2.77. The topological polar surface area (TPSA) is 107 Å². The Morgan fingerprint density at radius 3 is 3.00 bits per heavy atom. The molecule has 0 spiro atoms. The monoisotopic (exact) mass is 242 g/mol. The minimum absolute atomic E-state index is 0.131. The number of hydrogen-bond acceptors (Lipinski definition) is 4. The van der Waals surface area contributed by atoms with E-state index in [2.05, 4.69) is 15.3 Å². The van der Waals surface area contributed by atoms with E-state index in [1.807, 2.05) is 6.92 Å². The zero-order valence-electron chi connectivity index (χ0n) is 9.87. The smallest absolute Gasteiger partial charge is 0.323 e. The molecule has 0 aliphatic carbocycles. The maximum atomic E-state index is 11.1. The molecule has 1 rings (SSSR count). The first-order valence-electron chi connectivity index (χ1n) is 5.77. The molecule has 1 heterocycles. The van der Waals surface area contributed by atoms with Crippen molar-refractivity contribution in [1.29, 1.82) is 0 Å². The summed E-state index contributed by atoms with van der Waals surface area (Å²) in [6, 6.07) is -0.675. The van der Waals surface area contributed by atoms with E-state index in [4.69, 9.17) is 15.4 Å². The number of aliphatic carboxylic acids is 1. The van der Waals surface area contributed by atoms with E-state index in [0.717, 1.165) is 12.8 Å². The molecule has 7 nitrogen and oxygen atoms in total. The number of nitrogens with one attached hydrogen (secondary N) is 1. The van der Waals surface area contributed by atoms with Crippen LogP contribution in [0, 0.1) is 0 Å². The lowest BCUT2D eigenvalue weighted by atomic mass is 10.1. The number of nitrogens with zero attached hydrogens (tertiary/aromatic N) is 3. The third kappa shape index (κ3) is 4.60. The van der Waals surface area contributed by atoms with Gasteiger partial charge in [-0.15, -0.1) is 0 Å². The number of carboxylic acids is 1. The Bertz CT molecular complexity index is 304. The summed E-state index contributed by atoms with van der Waals surface area (Å²) in [5, 5.41) is 15.4. The molecule has 0 saturated carbocycles. The van der Waals surface area contributed by atoms with Crippen LogP contribution in [-0.4, -0.2) is 42.4 Å². The Labute approximate surface area is 99.8 Å². The van der Waals surface area contributed by atoms with E-state index in [1.54, 1.807) is 0 Å². The molecule has 0 aromatic rings. The Morgan fingerprint density at radius 1 is 1.71 bits per heavy atom. The summed E-state index contributed by atoms with van der Waals surface area (Å²) in [5.74, 6) is -0.895. The minimum atomic E-state index is -0.895. The van der Waals surface area contributed by atoms with E-state index < -0.39 is 12.0 Å². The van der Waals surface area contributed by atoms with Crippen molar-refractivity contribution < 1.29 is 14.6 Å². The summed E-state index contributed by atoms with van der Waals surface area (Å²) in [6.45, 7) is 2.82. The third-order valence-corrected chi connectivity index (χ3v) is 2.77. The maximum absolute atomic E-state index is 11.1. The molecule has 3 atom stereocenters. The first-order chi connectivity index (χ1) is 8.15. The van der Waals surface area contributed by atoms with E-state index in [0.29, 0.717) is 19.5 Å². The van der Waals surface area contributed by atoms with Crippen molar-refractivity contribution in [2.75, 3.05) is 13.1 Å². The normalized spacial score (nSPS) is 25.2.